The van der Waals surface area contributed by atoms with Gasteiger partial charge >= 0.3 is 0 Å². The number of nitrogens with one attached hydrogen (secondary N) is 1. The minimum absolute atomic E-state index is 0.357. The first-order valence-corrected chi connectivity index (χ1v) is 12.2. The molecule has 1 amide bonds. The van der Waals surface area contributed by atoms with E-state index in [9.17, 15) is 4.79 Å². The molecule has 0 saturated carbocycles. The molecule has 7 nitrogen and oxygen atoms in total. The molecule has 8 heteroatoms. The number of hydrogen-bond donors (Lipinski definition) is 2. The summed E-state index contributed by atoms with van der Waals surface area (Å²) in [5, 5.41) is 3.84. The number of hydrogen-bond acceptors (Lipinski definition) is 6. The lowest BCUT2D eigenvalue weighted by molar-refractivity contribution is -0.119. The molecule has 2 aliphatic heterocycles. The smallest absolute Gasteiger partial charge is 0.229 e. The van der Waals surface area contributed by atoms with Crippen molar-refractivity contribution in [1.29, 1.82) is 0 Å². The molecule has 3 heterocycles. The second-order valence-electron chi connectivity index (χ2n) is 9.61. The number of fused-ring (bicyclic) bond motifs is 1. The molecule has 0 fully saturated rings. The Morgan fingerprint density at radius 1 is 1.21 bits per heavy atom. The van der Waals surface area contributed by atoms with Gasteiger partial charge in [-0.3, -0.25) is 4.79 Å². The fraction of sp³-hybridized carbons (Fsp3) is 0.346. The third-order valence-electron chi connectivity index (χ3n) is 7.28. The van der Waals surface area contributed by atoms with Crippen molar-refractivity contribution in [2.24, 2.45) is 5.73 Å². The number of aryl methyl sites for hydroxylation is 1. The summed E-state index contributed by atoms with van der Waals surface area (Å²) in [6.07, 6.45) is 5.22. The van der Waals surface area contributed by atoms with Gasteiger partial charge in [-0.1, -0.05) is 29.8 Å². The number of rotatable bonds is 4. The highest BCUT2D eigenvalue weighted by atomic mass is 35.5. The Kier molecular flexibility index (Phi) is 5.19. The maximum atomic E-state index is 12.1. The maximum absolute atomic E-state index is 12.1. The highest BCUT2D eigenvalue weighted by molar-refractivity contribution is 6.33. The van der Waals surface area contributed by atoms with Crippen LogP contribution in [0.1, 0.15) is 46.9 Å². The molecule has 0 radical (unpaired) electrons. The van der Waals surface area contributed by atoms with Crippen LogP contribution in [0.2, 0.25) is 5.02 Å². The number of amides is 1. The number of aromatic nitrogens is 2. The lowest BCUT2D eigenvalue weighted by Crippen LogP contribution is -2.33. The van der Waals surface area contributed by atoms with Crippen molar-refractivity contribution in [2.75, 3.05) is 30.4 Å². The van der Waals surface area contributed by atoms with Gasteiger partial charge < -0.3 is 20.9 Å². The monoisotopic (exact) mass is 474 g/mol. The SMILES string of the molecule is CN1Cc2cc(Nc3ncc(Cl)c(N4CC(C(N)=O)c5ccccc54)n3)cc3c2C(CCC3)C1. The van der Waals surface area contributed by atoms with Gasteiger partial charge in [-0.05, 0) is 72.7 Å². The molecule has 2 aromatic carbocycles. The number of carbonyl (C=O) groups is 1. The van der Waals surface area contributed by atoms with Crippen LogP contribution in [0, 0.1) is 0 Å². The van der Waals surface area contributed by atoms with Gasteiger partial charge in [-0.25, -0.2) is 4.98 Å². The molecule has 3 aliphatic rings. The fourth-order valence-corrected chi connectivity index (χ4v) is 6.09. The summed E-state index contributed by atoms with van der Waals surface area (Å²) >= 11 is 6.54. The molecule has 0 spiro atoms. The van der Waals surface area contributed by atoms with Crippen LogP contribution in [0.25, 0.3) is 0 Å². The number of nitrogens with two attached hydrogens (primary N) is 1. The zero-order valence-corrected chi connectivity index (χ0v) is 19.8. The maximum Gasteiger partial charge on any atom is 0.229 e. The molecule has 2 atom stereocenters. The summed E-state index contributed by atoms with van der Waals surface area (Å²) < 4.78 is 0. The van der Waals surface area contributed by atoms with Crippen LogP contribution in [-0.2, 0) is 17.8 Å². The Hall–Kier alpha value is -3.16. The van der Waals surface area contributed by atoms with Crippen LogP contribution in [0.4, 0.5) is 23.1 Å². The first-order chi connectivity index (χ1) is 16.5. The minimum Gasteiger partial charge on any atom is -0.369 e. The molecule has 1 aliphatic carbocycles. The van der Waals surface area contributed by atoms with Crippen molar-refractivity contribution >= 4 is 40.6 Å². The molecule has 1 aromatic heterocycles. The second-order valence-corrected chi connectivity index (χ2v) is 10.0. The first-order valence-electron chi connectivity index (χ1n) is 11.8. The summed E-state index contributed by atoms with van der Waals surface area (Å²) in [5.41, 5.74) is 12.9. The molecule has 3 N–H and O–H groups in total. The number of carbonyl (C=O) groups excluding carboxylic acids is 1. The lowest BCUT2D eigenvalue weighted by atomic mass is 9.77. The topological polar surface area (TPSA) is 87.4 Å². The van der Waals surface area contributed by atoms with E-state index in [2.05, 4.69) is 34.4 Å². The van der Waals surface area contributed by atoms with Crippen LogP contribution in [0.3, 0.4) is 0 Å². The molecule has 34 heavy (non-hydrogen) atoms. The lowest BCUT2D eigenvalue weighted by Gasteiger charge is -2.37. The third kappa shape index (κ3) is 3.60. The van der Waals surface area contributed by atoms with E-state index < -0.39 is 5.92 Å². The number of likely N-dealkylation sites (N-methyl/N-ethyl adjacent to an activating group) is 1. The van der Waals surface area contributed by atoms with Crippen molar-refractivity contribution in [1.82, 2.24) is 14.9 Å². The third-order valence-corrected chi connectivity index (χ3v) is 7.55. The number of nitrogens with zero attached hydrogens (tertiary/aromatic N) is 4. The van der Waals surface area contributed by atoms with Crippen molar-refractivity contribution in [3.05, 3.63) is 69.9 Å². The molecule has 174 valence electrons. The van der Waals surface area contributed by atoms with Gasteiger partial charge in [-0.2, -0.15) is 4.98 Å². The Balaban J connectivity index is 1.34. The van der Waals surface area contributed by atoms with E-state index in [-0.39, 0.29) is 5.91 Å². The van der Waals surface area contributed by atoms with E-state index in [1.807, 2.05) is 29.2 Å². The zero-order valence-electron chi connectivity index (χ0n) is 19.1. The van der Waals surface area contributed by atoms with E-state index in [0.717, 1.165) is 36.4 Å². The van der Waals surface area contributed by atoms with Crippen molar-refractivity contribution in [3.63, 3.8) is 0 Å². The van der Waals surface area contributed by atoms with Crippen LogP contribution in [0.5, 0.6) is 0 Å². The van der Waals surface area contributed by atoms with Crippen LogP contribution in [-0.4, -0.2) is 40.9 Å². The highest BCUT2D eigenvalue weighted by Crippen LogP contribution is 2.43. The Bertz CT molecular complexity index is 1290. The van der Waals surface area contributed by atoms with Crippen LogP contribution < -0.4 is 16.0 Å². The fourth-order valence-electron chi connectivity index (χ4n) is 5.90. The number of benzene rings is 2. The number of para-hydroxylation sites is 1. The molecule has 2 unspecified atom stereocenters. The van der Waals surface area contributed by atoms with Gasteiger partial charge in [0, 0.05) is 31.0 Å². The molecular weight excluding hydrogens is 448 g/mol. The van der Waals surface area contributed by atoms with Gasteiger partial charge in [0.05, 0.1) is 12.1 Å². The molecule has 0 saturated heterocycles. The average molecular weight is 475 g/mol. The Morgan fingerprint density at radius 3 is 2.88 bits per heavy atom. The Labute approximate surface area is 203 Å². The number of halogens is 1. The molecule has 3 aromatic rings. The number of primary amides is 1. The number of anilines is 4. The predicted molar refractivity (Wildman–Crippen MR) is 134 cm³/mol. The van der Waals surface area contributed by atoms with Gasteiger partial charge in [-0.15, -0.1) is 0 Å². The summed E-state index contributed by atoms with van der Waals surface area (Å²) in [6, 6.07) is 12.2. The summed E-state index contributed by atoms with van der Waals surface area (Å²) in [6.45, 7) is 2.50. The summed E-state index contributed by atoms with van der Waals surface area (Å²) in [7, 11) is 2.19. The standard InChI is InChI=1S/C26H27ClN6O/c1-32-12-16-6-4-5-15-9-18(10-17(13-32)23(15)16)30-26-29-11-21(27)25(31-26)33-14-20(24(28)34)19-7-2-3-8-22(19)33/h2-3,7-11,16,20H,4-6,12-14H2,1H3,(H2,28,34)(H,29,30,31). The van der Waals surface area contributed by atoms with E-state index >= 15 is 0 Å². The van der Waals surface area contributed by atoms with E-state index in [1.165, 1.54) is 24.0 Å². The molecular formula is C26H27ClN6O. The predicted octanol–water partition coefficient (Wildman–Crippen LogP) is 4.46. The van der Waals surface area contributed by atoms with Crippen LogP contribution in [0.15, 0.2) is 42.6 Å². The van der Waals surface area contributed by atoms with E-state index in [1.54, 1.807) is 11.8 Å². The molecule has 6 rings (SSSR count). The quantitative estimate of drug-likeness (QED) is 0.580. The van der Waals surface area contributed by atoms with Crippen molar-refractivity contribution < 1.29 is 4.79 Å². The average Bonchev–Trinajstić information content (AvgIpc) is 3.20. The van der Waals surface area contributed by atoms with Crippen molar-refractivity contribution in [2.45, 2.75) is 37.6 Å². The van der Waals surface area contributed by atoms with Gasteiger partial charge in [0.25, 0.3) is 0 Å². The normalized spacial score (nSPS) is 21.2. The van der Waals surface area contributed by atoms with Gasteiger partial charge in [0.2, 0.25) is 11.9 Å². The summed E-state index contributed by atoms with van der Waals surface area (Å²) in [5.74, 6) is 0.915. The summed E-state index contributed by atoms with van der Waals surface area (Å²) in [4.78, 5) is 25.6. The van der Waals surface area contributed by atoms with Gasteiger partial charge in [0.15, 0.2) is 5.82 Å². The Morgan fingerprint density at radius 2 is 2.03 bits per heavy atom. The van der Waals surface area contributed by atoms with E-state index in [4.69, 9.17) is 22.3 Å². The van der Waals surface area contributed by atoms with Crippen molar-refractivity contribution in [3.8, 4) is 0 Å². The van der Waals surface area contributed by atoms with E-state index in [0.29, 0.717) is 29.3 Å². The minimum atomic E-state index is -0.405. The van der Waals surface area contributed by atoms with Crippen LogP contribution >= 0.6 is 11.6 Å². The zero-order chi connectivity index (χ0) is 23.4. The van der Waals surface area contributed by atoms with Gasteiger partial charge in [0.1, 0.15) is 5.02 Å². The highest BCUT2D eigenvalue weighted by Gasteiger charge is 2.34. The largest absolute Gasteiger partial charge is 0.369 e. The molecule has 0 bridgehead atoms. The second kappa shape index (κ2) is 8.25. The first kappa shape index (κ1) is 21.4.